The van der Waals surface area contributed by atoms with Crippen molar-refractivity contribution in [3.05, 3.63) is 0 Å². The van der Waals surface area contributed by atoms with Gasteiger partial charge in [0.2, 0.25) is 0 Å². The zero-order valence-corrected chi connectivity index (χ0v) is 9.54. The lowest BCUT2D eigenvalue weighted by Gasteiger charge is -2.15. The topological polar surface area (TPSA) is 12.4 Å². The molecule has 0 bridgehead atoms. The van der Waals surface area contributed by atoms with Crippen LogP contribution in [0.3, 0.4) is 0 Å². The summed E-state index contributed by atoms with van der Waals surface area (Å²) in [6.45, 7) is 7.69. The number of aliphatic imine (C=N–C) groups is 1. The highest BCUT2D eigenvalue weighted by atomic mass is 33.1. The van der Waals surface area contributed by atoms with E-state index in [2.05, 4.69) is 25.8 Å². The summed E-state index contributed by atoms with van der Waals surface area (Å²) in [6.07, 6.45) is 0. The Bertz CT molecular complexity index is 162. The van der Waals surface area contributed by atoms with Crippen LogP contribution in [-0.4, -0.2) is 21.4 Å². The Morgan fingerprint density at radius 3 is 1.88 bits per heavy atom. The molecule has 0 spiro atoms. The Labute approximate surface area is 117 Å². The third-order valence-corrected chi connectivity index (χ3v) is 5.68. The van der Waals surface area contributed by atoms with E-state index >= 15 is 0 Å². The Morgan fingerprint density at radius 2 is 1.56 bits per heavy atom. The average Bonchev–Trinajstić information content (AvgIpc) is 2.32. The fraction of sp³-hybridized carbons (Fsp3) is 0.917. The molecule has 1 nitrogen and oxygen atoms in total. The van der Waals surface area contributed by atoms with Crippen LogP contribution in [0.4, 0.5) is 0 Å². The molecule has 4 heteroatoms. The molecule has 0 N–H and O–H groups in total. The molecule has 0 saturated heterocycles. The second-order valence-electron chi connectivity index (χ2n) is 3.28. The van der Waals surface area contributed by atoms with Crippen LogP contribution in [0.2, 0.25) is 0 Å². The van der Waals surface area contributed by atoms with E-state index in [1.165, 1.54) is 10.1 Å². The second kappa shape index (κ2) is 13.8. The molecule has 1 rings (SSSR count). The van der Waals surface area contributed by atoms with Gasteiger partial charge in [0.05, 0.1) is 6.54 Å². The molecule has 0 amide bonds. The van der Waals surface area contributed by atoms with Crippen molar-refractivity contribution in [1.29, 1.82) is 0 Å². The lowest BCUT2D eigenvalue weighted by Crippen LogP contribution is -2.04. The van der Waals surface area contributed by atoms with Gasteiger partial charge in [-0.15, -0.1) is 0 Å². The van der Waals surface area contributed by atoms with Crippen LogP contribution in [0.15, 0.2) is 4.99 Å². The van der Waals surface area contributed by atoms with Crippen molar-refractivity contribution < 1.29 is 0 Å². The molecule has 0 unspecified atom stereocenters. The van der Waals surface area contributed by atoms with Crippen molar-refractivity contribution in [2.75, 3.05) is 12.3 Å². The molecular weight excluding hydrogens is 254 g/mol. The number of rotatable bonds is 1. The normalized spacial score (nSPS) is 12.8. The van der Waals surface area contributed by atoms with E-state index < -0.39 is 0 Å². The summed E-state index contributed by atoms with van der Waals surface area (Å²) in [5.41, 5.74) is 0. The molecule has 0 aliphatic carbocycles. The van der Waals surface area contributed by atoms with Gasteiger partial charge in [0.1, 0.15) is 4.38 Å². The van der Waals surface area contributed by atoms with Crippen LogP contribution in [0.5, 0.6) is 0 Å². The molecule has 0 fully saturated rings. The van der Waals surface area contributed by atoms with E-state index in [-0.39, 0.29) is 37.1 Å². The molecule has 0 aromatic heterocycles. The van der Waals surface area contributed by atoms with E-state index in [9.17, 15) is 0 Å². The summed E-state index contributed by atoms with van der Waals surface area (Å²) in [7, 11) is 3.72. The molecule has 16 heavy (non-hydrogen) atoms. The van der Waals surface area contributed by atoms with Gasteiger partial charge < -0.3 is 0 Å². The van der Waals surface area contributed by atoms with Crippen LogP contribution in [0.25, 0.3) is 0 Å². The van der Waals surface area contributed by atoms with Crippen molar-refractivity contribution in [2.24, 2.45) is 4.99 Å². The Hall–Kier alpha value is 0.720. The first-order valence-corrected chi connectivity index (χ1v) is 6.74. The lowest BCUT2D eigenvalue weighted by atomic mass is 10.3. The Balaban J connectivity index is -0.0000000807. The monoisotopic (exact) mass is 287 g/mol. The highest BCUT2D eigenvalue weighted by Crippen LogP contribution is 2.39. The summed E-state index contributed by atoms with van der Waals surface area (Å²) in [5.74, 6) is 1.17. The molecule has 0 aromatic rings. The Morgan fingerprint density at radius 1 is 1.06 bits per heavy atom. The van der Waals surface area contributed by atoms with E-state index in [0.717, 1.165) is 6.54 Å². The van der Waals surface area contributed by atoms with Gasteiger partial charge in [0, 0.05) is 10.5 Å². The van der Waals surface area contributed by atoms with E-state index in [1.54, 1.807) is 0 Å². The molecule has 0 aromatic carbocycles. The summed E-state index contributed by atoms with van der Waals surface area (Å²) >= 11 is 1.88. The predicted octanol–water partition coefficient (Wildman–Crippen LogP) is 6.45. The van der Waals surface area contributed by atoms with Gasteiger partial charge in [-0.25, -0.2) is 0 Å². The van der Waals surface area contributed by atoms with Crippen LogP contribution in [-0.2, 0) is 0 Å². The third-order valence-electron chi connectivity index (χ3n) is 0.921. The number of thioether (sulfide) groups is 1. The van der Waals surface area contributed by atoms with Crippen molar-refractivity contribution in [3.63, 3.8) is 0 Å². The zero-order chi connectivity index (χ0) is 8.32. The van der Waals surface area contributed by atoms with Gasteiger partial charge in [-0.05, 0) is 10.8 Å². The smallest absolute Gasteiger partial charge is 0.135 e. The SMILES string of the molecule is C.C.C.C.C.CC(C)(C)SSC1=NCCS1. The minimum atomic E-state index is 0. The van der Waals surface area contributed by atoms with Crippen molar-refractivity contribution in [1.82, 2.24) is 0 Å². The summed E-state index contributed by atoms with van der Waals surface area (Å²) < 4.78 is 1.60. The van der Waals surface area contributed by atoms with Crippen LogP contribution in [0.1, 0.15) is 57.9 Å². The first-order valence-electron chi connectivity index (χ1n) is 3.61. The molecule has 1 aliphatic heterocycles. The summed E-state index contributed by atoms with van der Waals surface area (Å²) in [6, 6.07) is 0. The number of hydrogen-bond donors (Lipinski definition) is 0. The zero-order valence-electron chi connectivity index (χ0n) is 7.09. The standard InChI is InChI=1S/C7H13NS3.5CH4/c1-7(2,3)11-10-6-8-4-5-9-6;;;;;/h4-5H2,1-3H3;5*1H4. The van der Waals surface area contributed by atoms with E-state index in [1.807, 2.05) is 33.3 Å². The molecular formula is C12H33NS3. The van der Waals surface area contributed by atoms with Crippen molar-refractivity contribution in [3.8, 4) is 0 Å². The van der Waals surface area contributed by atoms with Gasteiger partial charge in [-0.3, -0.25) is 4.99 Å². The first-order chi connectivity index (χ1) is 5.08. The molecule has 0 saturated carbocycles. The third kappa shape index (κ3) is 14.7. The van der Waals surface area contributed by atoms with Crippen LogP contribution >= 0.6 is 33.3 Å². The minimum absolute atomic E-state index is 0. The van der Waals surface area contributed by atoms with Crippen LogP contribution < -0.4 is 0 Å². The first kappa shape index (κ1) is 30.1. The van der Waals surface area contributed by atoms with Gasteiger partial charge in [0.25, 0.3) is 0 Å². The molecule has 0 radical (unpaired) electrons. The van der Waals surface area contributed by atoms with Crippen molar-refractivity contribution in [2.45, 2.75) is 62.7 Å². The highest BCUT2D eigenvalue weighted by Gasteiger charge is 2.15. The van der Waals surface area contributed by atoms with Crippen LogP contribution in [0, 0.1) is 0 Å². The Kier molecular flexibility index (Phi) is 25.9. The quantitative estimate of drug-likeness (QED) is 0.514. The lowest BCUT2D eigenvalue weighted by molar-refractivity contribution is 0.810. The second-order valence-corrected chi connectivity index (χ2v) is 7.56. The van der Waals surface area contributed by atoms with Crippen molar-refractivity contribution >= 4 is 37.7 Å². The molecule has 1 aliphatic rings. The molecule has 0 atom stereocenters. The number of hydrogen-bond acceptors (Lipinski definition) is 4. The largest absolute Gasteiger partial charge is 0.270 e. The fourth-order valence-electron chi connectivity index (χ4n) is 0.527. The maximum absolute atomic E-state index is 4.36. The summed E-state index contributed by atoms with van der Waals surface area (Å²) in [5, 5.41) is 0. The van der Waals surface area contributed by atoms with Gasteiger partial charge in [-0.1, -0.05) is 80.5 Å². The predicted molar refractivity (Wildman–Crippen MR) is 93.4 cm³/mol. The highest BCUT2D eigenvalue weighted by molar-refractivity contribution is 8.86. The summed E-state index contributed by atoms with van der Waals surface area (Å²) in [4.78, 5) is 4.36. The van der Waals surface area contributed by atoms with Gasteiger partial charge in [0.15, 0.2) is 0 Å². The fourth-order valence-corrected chi connectivity index (χ4v) is 3.84. The number of nitrogens with zero attached hydrogens (tertiary/aromatic N) is 1. The van der Waals surface area contributed by atoms with E-state index in [0.29, 0.717) is 4.75 Å². The van der Waals surface area contributed by atoms with Gasteiger partial charge in [-0.2, -0.15) is 0 Å². The molecule has 104 valence electrons. The maximum atomic E-state index is 4.36. The maximum Gasteiger partial charge on any atom is 0.135 e. The molecule has 1 heterocycles. The van der Waals surface area contributed by atoms with Gasteiger partial charge >= 0.3 is 0 Å². The minimum Gasteiger partial charge on any atom is -0.270 e. The average molecular weight is 288 g/mol. The van der Waals surface area contributed by atoms with E-state index in [4.69, 9.17) is 0 Å².